The number of hydrogen-bond donors (Lipinski definition) is 0. The summed E-state index contributed by atoms with van der Waals surface area (Å²) in [6.45, 7) is 4.73. The maximum atomic E-state index is 13.5. The average molecular weight is 588 g/mol. The van der Waals surface area contributed by atoms with Gasteiger partial charge in [-0.2, -0.15) is 4.31 Å². The van der Waals surface area contributed by atoms with Crippen LogP contribution >= 0.6 is 11.3 Å². The van der Waals surface area contributed by atoms with Crippen molar-refractivity contribution in [3.63, 3.8) is 0 Å². The lowest BCUT2D eigenvalue weighted by molar-refractivity contribution is 0.0968. The van der Waals surface area contributed by atoms with Crippen LogP contribution in [0.5, 0.6) is 0 Å². The fourth-order valence-corrected chi connectivity index (χ4v) is 8.20. The topological polar surface area (TPSA) is 63.9 Å². The van der Waals surface area contributed by atoms with Gasteiger partial charge in [-0.3, -0.25) is 0 Å². The Labute approximate surface area is 247 Å². The first-order chi connectivity index (χ1) is 20.0. The van der Waals surface area contributed by atoms with E-state index >= 15 is 0 Å². The van der Waals surface area contributed by atoms with E-state index in [4.69, 9.17) is 9.73 Å². The van der Waals surface area contributed by atoms with E-state index in [0.29, 0.717) is 23.9 Å². The molecular weight excluding hydrogens is 551 g/mol. The van der Waals surface area contributed by atoms with E-state index in [0.717, 1.165) is 67.0 Å². The van der Waals surface area contributed by atoms with Gasteiger partial charge in [0.15, 0.2) is 4.80 Å². The third kappa shape index (κ3) is 6.56. The van der Waals surface area contributed by atoms with Gasteiger partial charge in [-0.05, 0) is 80.3 Å². The van der Waals surface area contributed by atoms with Crippen molar-refractivity contribution in [3.05, 3.63) is 100 Å². The maximum absolute atomic E-state index is 13.5. The highest BCUT2D eigenvalue weighted by molar-refractivity contribution is 7.89. The third-order valence-corrected chi connectivity index (χ3v) is 11.0. The highest BCUT2D eigenvalue weighted by atomic mass is 32.2. The Morgan fingerprint density at radius 2 is 1.66 bits per heavy atom. The van der Waals surface area contributed by atoms with Crippen LogP contribution in [-0.2, 0) is 27.7 Å². The predicted octanol–water partition coefficient (Wildman–Crippen LogP) is 6.58. The van der Waals surface area contributed by atoms with E-state index < -0.39 is 10.0 Å². The molecule has 0 bridgehead atoms. The van der Waals surface area contributed by atoms with Crippen LogP contribution in [0.15, 0.2) is 94.1 Å². The number of rotatable bonds is 8. The number of piperidine rings is 1. The Bertz CT molecular complexity index is 1610. The molecule has 0 radical (unpaired) electrons. The molecule has 2 fully saturated rings. The number of hydrogen-bond acceptors (Lipinski definition) is 5. The molecule has 0 saturated carbocycles. The minimum absolute atomic E-state index is 0.157. The van der Waals surface area contributed by atoms with Gasteiger partial charge < -0.3 is 9.30 Å². The van der Waals surface area contributed by atoms with Gasteiger partial charge in [-0.25, -0.2) is 13.4 Å². The molecule has 1 aromatic heterocycles. The van der Waals surface area contributed by atoms with Gasteiger partial charge in [0, 0.05) is 25.1 Å². The fourth-order valence-electron chi connectivity index (χ4n) is 5.80. The molecule has 0 N–H and O–H groups in total. The second-order valence-corrected chi connectivity index (χ2v) is 13.9. The molecule has 2 aliphatic rings. The van der Waals surface area contributed by atoms with Crippen molar-refractivity contribution < 1.29 is 13.2 Å². The molecule has 3 heterocycles. The van der Waals surface area contributed by atoms with E-state index in [9.17, 15) is 8.42 Å². The van der Waals surface area contributed by atoms with E-state index in [2.05, 4.69) is 53.3 Å². The fraction of sp³-hybridized carbons (Fsp3) is 0.364. The molecule has 4 aromatic rings. The van der Waals surface area contributed by atoms with Crippen LogP contribution in [0.3, 0.4) is 0 Å². The van der Waals surface area contributed by atoms with Gasteiger partial charge >= 0.3 is 0 Å². The molecule has 0 unspecified atom stereocenters. The van der Waals surface area contributed by atoms with Gasteiger partial charge in [0.1, 0.15) is 0 Å². The van der Waals surface area contributed by atoms with Crippen LogP contribution < -0.4 is 4.80 Å². The van der Waals surface area contributed by atoms with Crippen LogP contribution in [0.4, 0.5) is 5.69 Å². The Kier molecular flexibility index (Phi) is 8.53. The molecule has 41 heavy (non-hydrogen) atoms. The molecule has 6 rings (SSSR count). The van der Waals surface area contributed by atoms with Crippen LogP contribution in [0, 0.1) is 12.8 Å². The molecule has 8 heteroatoms. The van der Waals surface area contributed by atoms with Crippen LogP contribution in [0.2, 0.25) is 0 Å². The number of nitrogens with zero attached hydrogens (tertiary/aromatic N) is 3. The predicted molar refractivity (Wildman–Crippen MR) is 165 cm³/mol. The van der Waals surface area contributed by atoms with E-state index in [1.165, 1.54) is 11.1 Å². The van der Waals surface area contributed by atoms with Crippen molar-refractivity contribution in [1.29, 1.82) is 0 Å². The van der Waals surface area contributed by atoms with Crippen molar-refractivity contribution in [2.24, 2.45) is 10.9 Å². The first-order valence-electron chi connectivity index (χ1n) is 14.5. The molecule has 1 atom stereocenters. The second kappa shape index (κ2) is 12.4. The molecular formula is C33H37N3O3S2. The van der Waals surface area contributed by atoms with Crippen LogP contribution in [-0.4, -0.2) is 43.1 Å². The van der Waals surface area contributed by atoms with Gasteiger partial charge in [0.05, 0.1) is 28.9 Å². The van der Waals surface area contributed by atoms with Gasteiger partial charge in [0.2, 0.25) is 10.0 Å². The zero-order chi connectivity index (χ0) is 28.2. The first kappa shape index (κ1) is 28.1. The highest BCUT2D eigenvalue weighted by Crippen LogP contribution is 2.29. The van der Waals surface area contributed by atoms with E-state index in [1.54, 1.807) is 27.8 Å². The lowest BCUT2D eigenvalue weighted by Crippen LogP contribution is -2.38. The molecule has 6 nitrogen and oxygen atoms in total. The molecule has 0 amide bonds. The lowest BCUT2D eigenvalue weighted by Gasteiger charge is -2.31. The van der Waals surface area contributed by atoms with E-state index in [1.807, 2.05) is 30.3 Å². The molecule has 0 spiro atoms. The monoisotopic (exact) mass is 587 g/mol. The van der Waals surface area contributed by atoms with E-state index in [-0.39, 0.29) is 6.10 Å². The average Bonchev–Trinajstić information content (AvgIpc) is 3.66. The molecule has 2 saturated heterocycles. The Morgan fingerprint density at radius 3 is 2.34 bits per heavy atom. The smallest absolute Gasteiger partial charge is 0.243 e. The zero-order valence-corrected chi connectivity index (χ0v) is 25.1. The summed E-state index contributed by atoms with van der Waals surface area (Å²) in [5.74, 6) is 0.517. The summed E-state index contributed by atoms with van der Waals surface area (Å²) in [6, 6.07) is 26.1. The summed E-state index contributed by atoms with van der Waals surface area (Å²) < 4.78 is 36.9. The summed E-state index contributed by atoms with van der Waals surface area (Å²) in [4.78, 5) is 6.21. The summed E-state index contributed by atoms with van der Waals surface area (Å²) in [5.41, 5.74) is 5.45. The Hall–Kier alpha value is -3.04. The molecule has 3 aromatic carbocycles. The van der Waals surface area contributed by atoms with Crippen molar-refractivity contribution in [2.45, 2.75) is 56.6 Å². The van der Waals surface area contributed by atoms with Crippen molar-refractivity contribution in [3.8, 4) is 11.3 Å². The van der Waals surface area contributed by atoms with Crippen molar-refractivity contribution >= 4 is 27.0 Å². The SMILES string of the molecule is Cc1ccc(N=c2scc(-c3ccc(S(=O)(=O)N4CCC(Cc5ccccc5)CC4)cc3)n2C[C@H]2CCCO2)cc1. The number of aryl methyl sites for hydroxylation is 1. The van der Waals surface area contributed by atoms with Gasteiger partial charge in [-0.15, -0.1) is 11.3 Å². The number of aromatic nitrogens is 1. The summed E-state index contributed by atoms with van der Waals surface area (Å²) in [5, 5.41) is 2.11. The summed E-state index contributed by atoms with van der Waals surface area (Å²) in [7, 11) is -3.53. The standard InChI is InChI=1S/C33H37N3O3S2/c1-25-9-13-29(14-10-25)34-33-36(23-30-8-5-21-39-30)32(24-40-33)28-11-15-31(16-12-28)41(37,38)35-19-17-27(18-20-35)22-26-6-3-2-4-7-26/h2-4,6-7,9-16,24,27,30H,5,8,17-23H2,1H3/t30-/m1/s1. The molecule has 214 valence electrons. The maximum Gasteiger partial charge on any atom is 0.243 e. The second-order valence-electron chi connectivity index (χ2n) is 11.2. The number of sulfonamides is 1. The lowest BCUT2D eigenvalue weighted by atomic mass is 9.91. The van der Waals surface area contributed by atoms with Crippen LogP contribution in [0.25, 0.3) is 11.3 Å². The van der Waals surface area contributed by atoms with Gasteiger partial charge in [0.25, 0.3) is 0 Å². The Balaban J connectivity index is 1.20. The minimum Gasteiger partial charge on any atom is -0.376 e. The number of ether oxygens (including phenoxy) is 1. The first-order valence-corrected chi connectivity index (χ1v) is 16.8. The number of benzene rings is 3. The summed E-state index contributed by atoms with van der Waals surface area (Å²) in [6.07, 6.45) is 5.05. The molecule has 0 aliphatic carbocycles. The van der Waals surface area contributed by atoms with Crippen LogP contribution in [0.1, 0.15) is 36.8 Å². The Morgan fingerprint density at radius 1 is 0.927 bits per heavy atom. The van der Waals surface area contributed by atoms with Crippen molar-refractivity contribution in [2.75, 3.05) is 19.7 Å². The quantitative estimate of drug-likeness (QED) is 0.234. The largest absolute Gasteiger partial charge is 0.376 e. The third-order valence-electron chi connectivity index (χ3n) is 8.20. The highest BCUT2D eigenvalue weighted by Gasteiger charge is 2.29. The van der Waals surface area contributed by atoms with Crippen molar-refractivity contribution in [1.82, 2.24) is 8.87 Å². The number of thiazole rings is 1. The normalized spacial score (nSPS) is 19.1. The van der Waals surface area contributed by atoms with Gasteiger partial charge in [-0.1, -0.05) is 60.2 Å². The zero-order valence-electron chi connectivity index (χ0n) is 23.5. The summed E-state index contributed by atoms with van der Waals surface area (Å²) >= 11 is 1.60. The molecule has 2 aliphatic heterocycles. The minimum atomic E-state index is -3.53.